The molecule has 0 aliphatic heterocycles. The van der Waals surface area contributed by atoms with Gasteiger partial charge in [-0.25, -0.2) is 0 Å². The molecule has 0 saturated heterocycles. The second kappa shape index (κ2) is 10700. The number of hydrogen-bond donors (Lipinski definition) is 6. The fraction of sp³-hybridized carbons (Fsp3) is 0. The van der Waals surface area contributed by atoms with Crippen LogP contribution in [0.15, 0.2) is 0 Å². The van der Waals surface area contributed by atoms with Gasteiger partial charge in [0.15, 0.2) is 0 Å². The van der Waals surface area contributed by atoms with Gasteiger partial charge in [0.1, 0.15) is 0 Å². The SMILES string of the molecule is N.N.N.N.N.N.[OH-].[OH-].[OH-].[OH-].[Pt+4]. The van der Waals surface area contributed by atoms with Crippen molar-refractivity contribution < 1.29 is 43.0 Å². The first-order chi connectivity index (χ1) is 0. The maximum Gasteiger partial charge on any atom is 4.00 e. The molecule has 0 fully saturated rings. The summed E-state index contributed by atoms with van der Waals surface area (Å²) in [4.78, 5) is 0. The quantitative estimate of drug-likeness (QED) is 0.339. The van der Waals surface area contributed by atoms with Crippen molar-refractivity contribution in [1.29, 1.82) is 0 Å². The molecule has 0 spiro atoms. The summed E-state index contributed by atoms with van der Waals surface area (Å²) in [6.45, 7) is 0. The largest absolute Gasteiger partial charge is 4.00 e. The summed E-state index contributed by atoms with van der Waals surface area (Å²) in [5, 5.41) is 0. The Morgan fingerprint density at radius 2 is 0.273 bits per heavy atom. The molecule has 0 aromatic rings. The summed E-state index contributed by atoms with van der Waals surface area (Å²) in [6.07, 6.45) is 0. The van der Waals surface area contributed by atoms with Crippen molar-refractivity contribution in [3.05, 3.63) is 0 Å². The van der Waals surface area contributed by atoms with Crippen molar-refractivity contribution in [1.82, 2.24) is 36.9 Å². The van der Waals surface area contributed by atoms with E-state index in [1.807, 2.05) is 0 Å². The van der Waals surface area contributed by atoms with Crippen molar-refractivity contribution in [2.75, 3.05) is 0 Å². The van der Waals surface area contributed by atoms with Gasteiger partial charge in [-0.3, -0.25) is 0 Å². The predicted molar refractivity (Wildman–Crippen MR) is 37.9 cm³/mol. The Balaban J connectivity index is 0. The van der Waals surface area contributed by atoms with Crippen molar-refractivity contribution in [3.8, 4) is 0 Å². The van der Waals surface area contributed by atoms with Crippen LogP contribution in [0.1, 0.15) is 0 Å². The maximum atomic E-state index is 0. The van der Waals surface area contributed by atoms with Gasteiger partial charge >= 0.3 is 21.1 Å². The van der Waals surface area contributed by atoms with Crippen molar-refractivity contribution in [2.45, 2.75) is 0 Å². The molecule has 22 N–H and O–H groups in total. The second-order valence-electron chi connectivity index (χ2n) is 0. The van der Waals surface area contributed by atoms with Crippen LogP contribution < -0.4 is 36.9 Å². The molecule has 0 unspecified atom stereocenters. The van der Waals surface area contributed by atoms with Gasteiger partial charge in [0, 0.05) is 0 Å². The Morgan fingerprint density at radius 3 is 0.273 bits per heavy atom. The third-order valence-corrected chi connectivity index (χ3v) is 0. The molecule has 86 valence electrons. The molecule has 10 nitrogen and oxygen atoms in total. The minimum Gasteiger partial charge on any atom is -0.870 e. The Kier molecular flexibility index (Phi) is 14000000. The normalized spacial score (nSPS) is 0. The molecule has 0 heterocycles. The molecule has 0 rings (SSSR count). The zero-order valence-corrected chi connectivity index (χ0v) is 8.62. The molecule has 0 saturated carbocycles. The molecule has 0 aliphatic carbocycles. The standard InChI is InChI=1S/6H3N.4H2O.Pt/h6*1H3;4*1H2;/q;;;;;;;;;;+4/p-4. The molecule has 11 heteroatoms. The van der Waals surface area contributed by atoms with E-state index < -0.39 is 0 Å². The van der Waals surface area contributed by atoms with E-state index in [0.717, 1.165) is 0 Å². The smallest absolute Gasteiger partial charge is 0.870 e. The van der Waals surface area contributed by atoms with E-state index >= 15 is 0 Å². The molecule has 0 radical (unpaired) electrons. The summed E-state index contributed by atoms with van der Waals surface area (Å²) in [5.41, 5.74) is 0. The van der Waals surface area contributed by atoms with Crippen molar-refractivity contribution in [2.24, 2.45) is 0 Å². The van der Waals surface area contributed by atoms with Gasteiger partial charge in [-0.15, -0.1) is 0 Å². The molecule has 0 bridgehead atoms. The fourth-order valence-electron chi connectivity index (χ4n) is 0. The van der Waals surface area contributed by atoms with E-state index in [2.05, 4.69) is 0 Å². The zero-order chi connectivity index (χ0) is 0. The summed E-state index contributed by atoms with van der Waals surface area (Å²) in [7, 11) is 0. The Morgan fingerprint density at radius 1 is 0.273 bits per heavy atom. The van der Waals surface area contributed by atoms with Gasteiger partial charge < -0.3 is 58.8 Å². The van der Waals surface area contributed by atoms with E-state index in [1.165, 1.54) is 0 Å². The van der Waals surface area contributed by atoms with Crippen LogP contribution in [0.5, 0.6) is 0 Å². The van der Waals surface area contributed by atoms with Gasteiger partial charge in [0.05, 0.1) is 0 Å². The molecular formula is H22N6O4Pt. The van der Waals surface area contributed by atoms with Gasteiger partial charge in [0.25, 0.3) is 0 Å². The first-order valence-electron chi connectivity index (χ1n) is 0. The van der Waals surface area contributed by atoms with Crippen molar-refractivity contribution in [3.63, 3.8) is 0 Å². The topological polar surface area (TPSA) is 330 Å². The predicted octanol–water partition coefficient (Wildman–Crippen LogP) is 0.262. The van der Waals surface area contributed by atoms with Crippen LogP contribution in [-0.4, -0.2) is 21.9 Å². The zero-order valence-electron chi connectivity index (χ0n) is 6.35. The Bertz CT molecular complexity index is 14.5. The van der Waals surface area contributed by atoms with Gasteiger partial charge in [-0.2, -0.15) is 0 Å². The Hall–Kier alpha value is 0.288. The molecule has 0 aromatic carbocycles. The summed E-state index contributed by atoms with van der Waals surface area (Å²) in [5.74, 6) is 0. The van der Waals surface area contributed by atoms with Gasteiger partial charge in [0.2, 0.25) is 0 Å². The van der Waals surface area contributed by atoms with E-state index in [-0.39, 0.29) is 79.9 Å². The summed E-state index contributed by atoms with van der Waals surface area (Å²) >= 11 is 0. The third kappa shape index (κ3) is 8500. The summed E-state index contributed by atoms with van der Waals surface area (Å²) in [6, 6.07) is 0. The first kappa shape index (κ1) is 14400. The van der Waals surface area contributed by atoms with E-state index in [4.69, 9.17) is 0 Å². The molecule has 11 heavy (non-hydrogen) atoms. The van der Waals surface area contributed by atoms with Crippen LogP contribution in [0.3, 0.4) is 0 Å². The minimum absolute atomic E-state index is 0. The van der Waals surface area contributed by atoms with E-state index in [9.17, 15) is 0 Å². The number of hydrogen-bond acceptors (Lipinski definition) is 10. The molecular weight excluding hydrogens is 343 g/mol. The van der Waals surface area contributed by atoms with Crippen LogP contribution in [-0.2, 0) is 21.1 Å². The molecule has 0 amide bonds. The minimum atomic E-state index is 0. The van der Waals surface area contributed by atoms with E-state index in [0.29, 0.717) is 0 Å². The van der Waals surface area contributed by atoms with Crippen LogP contribution in [0.2, 0.25) is 0 Å². The van der Waals surface area contributed by atoms with Crippen LogP contribution in [0.25, 0.3) is 0 Å². The average molecular weight is 365 g/mol. The monoisotopic (exact) mass is 365 g/mol. The fourth-order valence-corrected chi connectivity index (χ4v) is 0. The molecule has 0 atom stereocenters. The maximum absolute atomic E-state index is 0. The third-order valence-electron chi connectivity index (χ3n) is 0. The van der Waals surface area contributed by atoms with E-state index in [1.54, 1.807) is 0 Å². The molecule has 0 aliphatic rings. The van der Waals surface area contributed by atoms with Crippen LogP contribution in [0, 0.1) is 0 Å². The van der Waals surface area contributed by atoms with Gasteiger partial charge in [-0.1, -0.05) is 0 Å². The summed E-state index contributed by atoms with van der Waals surface area (Å²) < 4.78 is 0. The first-order valence-corrected chi connectivity index (χ1v) is 0. The van der Waals surface area contributed by atoms with Crippen LogP contribution in [0.4, 0.5) is 0 Å². The average Bonchev–Trinajstić information content (AvgIpc) is 0. The van der Waals surface area contributed by atoms with Crippen molar-refractivity contribution >= 4 is 0 Å². The second-order valence-corrected chi connectivity index (χ2v) is 0. The van der Waals surface area contributed by atoms with Crippen LogP contribution >= 0.6 is 0 Å². The number of rotatable bonds is 0. The Labute approximate surface area is 80.5 Å². The molecule has 0 aromatic heterocycles. The van der Waals surface area contributed by atoms with Gasteiger partial charge in [-0.05, 0) is 0 Å².